The van der Waals surface area contributed by atoms with E-state index >= 15 is 0 Å². The summed E-state index contributed by atoms with van der Waals surface area (Å²) in [7, 11) is 1.77. The van der Waals surface area contributed by atoms with E-state index in [4.69, 9.17) is 4.42 Å². The van der Waals surface area contributed by atoms with Crippen LogP contribution in [0.15, 0.2) is 46.9 Å². The fourth-order valence-corrected chi connectivity index (χ4v) is 3.30. The van der Waals surface area contributed by atoms with Crippen molar-refractivity contribution in [2.45, 2.75) is 32.4 Å². The van der Waals surface area contributed by atoms with Gasteiger partial charge in [0.2, 0.25) is 11.8 Å². The third kappa shape index (κ3) is 3.35. The zero-order chi connectivity index (χ0) is 17.1. The number of rotatable bonds is 4. The molecular weight excluding hydrogens is 304 g/mol. The zero-order valence-electron chi connectivity index (χ0n) is 14.0. The Balaban J connectivity index is 1.76. The van der Waals surface area contributed by atoms with Crippen LogP contribution in [0, 0.1) is 12.8 Å². The molecule has 0 saturated carbocycles. The van der Waals surface area contributed by atoms with Crippen molar-refractivity contribution >= 4 is 11.8 Å². The minimum atomic E-state index is -0.258. The number of carbonyl (C=O) groups excluding carboxylic acids is 2. The third-order valence-corrected chi connectivity index (χ3v) is 4.57. The van der Waals surface area contributed by atoms with E-state index in [1.54, 1.807) is 11.9 Å². The number of carbonyl (C=O) groups is 2. The fourth-order valence-electron chi connectivity index (χ4n) is 3.30. The van der Waals surface area contributed by atoms with Crippen molar-refractivity contribution in [2.75, 3.05) is 7.05 Å². The molecule has 1 aliphatic rings. The fraction of sp³-hybridized carbons (Fsp3) is 0.368. The number of aryl methyl sites for hydroxylation is 1. The van der Waals surface area contributed by atoms with Crippen molar-refractivity contribution in [2.24, 2.45) is 5.92 Å². The smallest absolute Gasteiger partial charge is 0.225 e. The van der Waals surface area contributed by atoms with Crippen LogP contribution in [0.5, 0.6) is 0 Å². The number of nitrogens with one attached hydrogen (secondary N) is 1. The molecule has 1 aromatic carbocycles. The number of hydrogen-bond donors (Lipinski definition) is 1. The van der Waals surface area contributed by atoms with E-state index in [9.17, 15) is 9.59 Å². The van der Waals surface area contributed by atoms with Crippen LogP contribution in [0.2, 0.25) is 0 Å². The zero-order valence-corrected chi connectivity index (χ0v) is 14.0. The monoisotopic (exact) mass is 326 g/mol. The maximum Gasteiger partial charge on any atom is 0.225 e. The Kier molecular flexibility index (Phi) is 4.69. The minimum absolute atomic E-state index is 0.0442. The molecule has 2 aromatic rings. The molecule has 2 heterocycles. The highest BCUT2D eigenvalue weighted by molar-refractivity contribution is 5.84. The molecule has 2 amide bonds. The summed E-state index contributed by atoms with van der Waals surface area (Å²) < 4.78 is 5.49. The lowest BCUT2D eigenvalue weighted by atomic mass is 9.84. The van der Waals surface area contributed by atoms with Crippen molar-refractivity contribution in [3.63, 3.8) is 0 Å². The van der Waals surface area contributed by atoms with E-state index in [2.05, 4.69) is 5.32 Å². The molecule has 1 N–H and O–H groups in total. The molecular formula is C19H22N2O3. The van der Waals surface area contributed by atoms with Gasteiger partial charge in [0, 0.05) is 13.5 Å². The summed E-state index contributed by atoms with van der Waals surface area (Å²) in [6.07, 6.45) is 0.962. The minimum Gasteiger partial charge on any atom is -0.465 e. The molecule has 24 heavy (non-hydrogen) atoms. The maximum atomic E-state index is 12.7. The van der Waals surface area contributed by atoms with E-state index < -0.39 is 0 Å². The average Bonchev–Trinajstić information content (AvgIpc) is 3.01. The van der Waals surface area contributed by atoms with E-state index in [1.807, 2.05) is 49.4 Å². The second-order valence-electron chi connectivity index (χ2n) is 6.24. The third-order valence-electron chi connectivity index (χ3n) is 4.57. The van der Waals surface area contributed by atoms with Gasteiger partial charge in [0.05, 0.1) is 18.5 Å². The Morgan fingerprint density at radius 1 is 1.25 bits per heavy atom. The molecule has 1 saturated heterocycles. The lowest BCUT2D eigenvalue weighted by Crippen LogP contribution is -2.46. The second kappa shape index (κ2) is 6.91. The van der Waals surface area contributed by atoms with Gasteiger partial charge >= 0.3 is 0 Å². The van der Waals surface area contributed by atoms with Gasteiger partial charge in [-0.25, -0.2) is 0 Å². The normalized spacial score (nSPS) is 20.9. The first-order valence-corrected chi connectivity index (χ1v) is 8.20. The van der Waals surface area contributed by atoms with Crippen molar-refractivity contribution in [1.82, 2.24) is 10.2 Å². The van der Waals surface area contributed by atoms with Crippen LogP contribution < -0.4 is 5.32 Å². The number of nitrogens with zero attached hydrogens (tertiary/aromatic N) is 1. The number of benzene rings is 1. The predicted molar refractivity (Wildman–Crippen MR) is 90.0 cm³/mol. The van der Waals surface area contributed by atoms with Crippen LogP contribution in [-0.2, 0) is 16.1 Å². The Bertz CT molecular complexity index is 723. The van der Waals surface area contributed by atoms with Crippen molar-refractivity contribution in [1.29, 1.82) is 0 Å². The predicted octanol–water partition coefficient (Wildman–Crippen LogP) is 2.81. The Labute approximate surface area is 141 Å². The van der Waals surface area contributed by atoms with Crippen molar-refractivity contribution in [3.05, 3.63) is 59.5 Å². The van der Waals surface area contributed by atoms with Crippen LogP contribution in [0.25, 0.3) is 0 Å². The molecule has 1 aliphatic heterocycles. The van der Waals surface area contributed by atoms with Gasteiger partial charge in [-0.15, -0.1) is 0 Å². The first-order chi connectivity index (χ1) is 11.6. The summed E-state index contributed by atoms with van der Waals surface area (Å²) in [5.74, 6) is 1.33. The van der Waals surface area contributed by atoms with Gasteiger partial charge in [-0.1, -0.05) is 30.3 Å². The molecule has 0 aliphatic carbocycles. The number of likely N-dealkylation sites (tertiary alicyclic amines) is 1. The van der Waals surface area contributed by atoms with Crippen LogP contribution in [0.4, 0.5) is 0 Å². The van der Waals surface area contributed by atoms with Gasteiger partial charge in [0.1, 0.15) is 11.5 Å². The highest BCUT2D eigenvalue weighted by atomic mass is 16.3. The highest BCUT2D eigenvalue weighted by Crippen LogP contribution is 2.35. The lowest BCUT2D eigenvalue weighted by Gasteiger charge is -2.38. The van der Waals surface area contributed by atoms with E-state index in [-0.39, 0.29) is 23.8 Å². The SMILES string of the molecule is Cc1ccc(CNC(=O)[C@H]2CCC(=O)N(C)[C@H]2c2ccccc2)o1. The molecule has 0 radical (unpaired) electrons. The van der Waals surface area contributed by atoms with Crippen molar-refractivity contribution in [3.8, 4) is 0 Å². The molecule has 1 aromatic heterocycles. The van der Waals surface area contributed by atoms with Crippen molar-refractivity contribution < 1.29 is 14.0 Å². The second-order valence-corrected chi connectivity index (χ2v) is 6.24. The summed E-state index contributed by atoms with van der Waals surface area (Å²) in [5, 5.41) is 2.95. The summed E-state index contributed by atoms with van der Waals surface area (Å²) in [5.41, 5.74) is 0.988. The number of furan rings is 1. The summed E-state index contributed by atoms with van der Waals surface area (Å²) >= 11 is 0. The summed E-state index contributed by atoms with van der Waals surface area (Å²) in [4.78, 5) is 26.5. The molecule has 5 nitrogen and oxygen atoms in total. The van der Waals surface area contributed by atoms with Gasteiger partial charge in [-0.05, 0) is 31.0 Å². The maximum absolute atomic E-state index is 12.7. The highest BCUT2D eigenvalue weighted by Gasteiger charge is 2.38. The van der Waals surface area contributed by atoms with Gasteiger partial charge in [-0.3, -0.25) is 9.59 Å². The van der Waals surface area contributed by atoms with Gasteiger partial charge < -0.3 is 14.6 Å². The van der Waals surface area contributed by atoms with Crippen LogP contribution >= 0.6 is 0 Å². The molecule has 0 spiro atoms. The van der Waals surface area contributed by atoms with E-state index in [1.165, 1.54) is 0 Å². The van der Waals surface area contributed by atoms with Gasteiger partial charge in [-0.2, -0.15) is 0 Å². The molecule has 126 valence electrons. The number of amides is 2. The van der Waals surface area contributed by atoms with Crippen LogP contribution in [0.3, 0.4) is 0 Å². The molecule has 0 unspecified atom stereocenters. The quantitative estimate of drug-likeness (QED) is 0.940. The van der Waals surface area contributed by atoms with Crippen LogP contribution in [0.1, 0.15) is 36.0 Å². The van der Waals surface area contributed by atoms with Crippen LogP contribution in [-0.4, -0.2) is 23.8 Å². The molecule has 3 rings (SSSR count). The number of piperidine rings is 1. The molecule has 2 atom stereocenters. The largest absolute Gasteiger partial charge is 0.465 e. The molecule has 0 bridgehead atoms. The summed E-state index contributed by atoms with van der Waals surface area (Å²) in [6.45, 7) is 2.24. The topological polar surface area (TPSA) is 62.6 Å². The first kappa shape index (κ1) is 16.3. The first-order valence-electron chi connectivity index (χ1n) is 8.20. The molecule has 1 fully saturated rings. The van der Waals surface area contributed by atoms with E-state index in [0.29, 0.717) is 19.4 Å². The lowest BCUT2D eigenvalue weighted by molar-refractivity contribution is -0.141. The van der Waals surface area contributed by atoms with Gasteiger partial charge in [0.25, 0.3) is 0 Å². The Hall–Kier alpha value is -2.56. The Morgan fingerprint density at radius 2 is 2.00 bits per heavy atom. The van der Waals surface area contributed by atoms with Gasteiger partial charge in [0.15, 0.2) is 0 Å². The summed E-state index contributed by atoms with van der Waals surface area (Å²) in [6, 6.07) is 13.2. The number of hydrogen-bond acceptors (Lipinski definition) is 3. The average molecular weight is 326 g/mol. The molecule has 5 heteroatoms. The van der Waals surface area contributed by atoms with E-state index in [0.717, 1.165) is 17.1 Å². The Morgan fingerprint density at radius 3 is 2.67 bits per heavy atom. The standard InChI is InChI=1S/C19H22N2O3/c1-13-8-9-15(24-13)12-20-19(23)16-10-11-17(22)21(2)18(16)14-6-4-3-5-7-14/h3-9,16,18H,10-12H2,1-2H3,(H,20,23)/t16-,18-/m0/s1.